The van der Waals surface area contributed by atoms with Gasteiger partial charge in [-0.05, 0) is 49.8 Å². The predicted molar refractivity (Wildman–Crippen MR) is 96.2 cm³/mol. The summed E-state index contributed by atoms with van der Waals surface area (Å²) in [4.78, 5) is 14.9. The summed E-state index contributed by atoms with van der Waals surface area (Å²) in [5.74, 6) is 0.355. The van der Waals surface area contributed by atoms with Gasteiger partial charge in [-0.2, -0.15) is 5.10 Å². The molecule has 0 bridgehead atoms. The fourth-order valence-electron chi connectivity index (χ4n) is 3.90. The molecule has 1 fully saturated rings. The minimum absolute atomic E-state index is 0.102. The maximum Gasteiger partial charge on any atom is 0.223 e. The number of aromatic amines is 1. The quantitative estimate of drug-likeness (QED) is 0.884. The van der Waals surface area contributed by atoms with E-state index >= 15 is 0 Å². The summed E-state index contributed by atoms with van der Waals surface area (Å²) in [6.07, 6.45) is 2.51. The fraction of sp³-hybridized carbons (Fsp3) is 0.474. The van der Waals surface area contributed by atoms with Crippen LogP contribution in [0.5, 0.6) is 0 Å². The molecule has 1 aromatic heterocycles. The second-order valence-corrected chi connectivity index (χ2v) is 7.13. The molecule has 4 nitrogen and oxygen atoms in total. The van der Waals surface area contributed by atoms with Gasteiger partial charge < -0.3 is 4.90 Å². The Hall–Kier alpha value is -1.81. The van der Waals surface area contributed by atoms with Gasteiger partial charge in [0, 0.05) is 23.7 Å². The van der Waals surface area contributed by atoms with Crippen molar-refractivity contribution >= 4 is 17.5 Å². The molecule has 24 heavy (non-hydrogen) atoms. The second-order valence-electron chi connectivity index (χ2n) is 6.72. The van der Waals surface area contributed by atoms with Crippen LogP contribution in [0.15, 0.2) is 24.3 Å². The molecule has 1 aliphatic rings. The number of benzene rings is 1. The van der Waals surface area contributed by atoms with Crippen LogP contribution in [0.2, 0.25) is 5.02 Å². The van der Waals surface area contributed by atoms with Gasteiger partial charge in [0.2, 0.25) is 5.91 Å². The summed E-state index contributed by atoms with van der Waals surface area (Å²) in [5, 5.41) is 8.01. The van der Waals surface area contributed by atoms with Crippen molar-refractivity contribution in [3.63, 3.8) is 0 Å². The van der Waals surface area contributed by atoms with Gasteiger partial charge in [-0.25, -0.2) is 0 Å². The number of carbonyl (C=O) groups excluding carboxylic acids is 1. The van der Waals surface area contributed by atoms with Crippen molar-refractivity contribution in [3.05, 3.63) is 51.8 Å². The molecule has 0 spiro atoms. The maximum atomic E-state index is 12.9. The van der Waals surface area contributed by atoms with E-state index in [-0.39, 0.29) is 17.9 Å². The highest BCUT2D eigenvalue weighted by Crippen LogP contribution is 2.37. The van der Waals surface area contributed by atoms with E-state index in [9.17, 15) is 4.79 Å². The number of nitrogens with zero attached hydrogens (tertiary/aromatic N) is 2. The molecule has 5 heteroatoms. The highest BCUT2D eigenvalue weighted by atomic mass is 35.5. The van der Waals surface area contributed by atoms with Crippen LogP contribution in [-0.4, -0.2) is 27.5 Å². The molecule has 1 N–H and O–H groups in total. The zero-order valence-electron chi connectivity index (χ0n) is 14.5. The van der Waals surface area contributed by atoms with Gasteiger partial charge >= 0.3 is 0 Å². The Morgan fingerprint density at radius 2 is 2.17 bits per heavy atom. The smallest absolute Gasteiger partial charge is 0.223 e. The maximum absolute atomic E-state index is 12.9. The van der Waals surface area contributed by atoms with Gasteiger partial charge in [0.1, 0.15) is 0 Å². The molecule has 2 heterocycles. The average Bonchev–Trinajstić information content (AvgIpc) is 3.14. The average molecular weight is 346 g/mol. The van der Waals surface area contributed by atoms with Gasteiger partial charge in [-0.1, -0.05) is 36.7 Å². The van der Waals surface area contributed by atoms with E-state index in [0.29, 0.717) is 6.42 Å². The van der Waals surface area contributed by atoms with E-state index in [1.807, 2.05) is 43.0 Å². The minimum Gasteiger partial charge on any atom is -0.336 e. The lowest BCUT2D eigenvalue weighted by atomic mass is 9.95. The van der Waals surface area contributed by atoms with Crippen LogP contribution in [-0.2, 0) is 4.79 Å². The number of aromatic nitrogens is 2. The minimum atomic E-state index is 0.102. The Kier molecular flexibility index (Phi) is 4.95. The number of halogens is 1. The van der Waals surface area contributed by atoms with Crippen LogP contribution in [0, 0.1) is 13.8 Å². The third-order valence-corrected chi connectivity index (χ3v) is 5.34. The molecule has 0 unspecified atom stereocenters. The van der Waals surface area contributed by atoms with Crippen LogP contribution < -0.4 is 0 Å². The predicted octanol–water partition coefficient (Wildman–Crippen LogP) is 4.54. The van der Waals surface area contributed by atoms with Gasteiger partial charge in [0.25, 0.3) is 0 Å². The molecular weight excluding hydrogens is 322 g/mol. The Labute approximate surface area is 148 Å². The Balaban J connectivity index is 1.76. The fourth-order valence-corrected chi connectivity index (χ4v) is 4.16. The highest BCUT2D eigenvalue weighted by molar-refractivity contribution is 6.31. The first-order valence-corrected chi connectivity index (χ1v) is 8.92. The Morgan fingerprint density at radius 3 is 2.83 bits per heavy atom. The molecule has 2 aromatic rings. The molecule has 0 saturated carbocycles. The first kappa shape index (κ1) is 17.0. The number of hydrogen-bond donors (Lipinski definition) is 1. The monoisotopic (exact) mass is 345 g/mol. The van der Waals surface area contributed by atoms with Crippen LogP contribution in [0.4, 0.5) is 0 Å². The molecule has 1 aromatic carbocycles. The standard InChI is InChI=1S/C19H24ClN3O/c1-12(19-13(2)21-22-14(19)3)11-18(24)23-10-6-9-17(23)15-7-4-5-8-16(15)20/h4-5,7-8,12,17H,6,9-11H2,1-3H3,(H,21,22)/t12-,17-/m0/s1. The zero-order valence-corrected chi connectivity index (χ0v) is 15.2. The number of aryl methyl sites for hydroxylation is 2. The van der Waals surface area contributed by atoms with Gasteiger partial charge in [-0.3, -0.25) is 9.89 Å². The van der Waals surface area contributed by atoms with E-state index in [1.165, 1.54) is 0 Å². The largest absolute Gasteiger partial charge is 0.336 e. The number of rotatable bonds is 4. The summed E-state index contributed by atoms with van der Waals surface area (Å²) in [7, 11) is 0. The van der Waals surface area contributed by atoms with Crippen molar-refractivity contribution in [2.24, 2.45) is 0 Å². The normalized spacial score (nSPS) is 18.8. The number of H-pyrrole nitrogens is 1. The lowest BCUT2D eigenvalue weighted by molar-refractivity contribution is -0.132. The van der Waals surface area contributed by atoms with Crippen molar-refractivity contribution < 1.29 is 4.79 Å². The Morgan fingerprint density at radius 1 is 1.42 bits per heavy atom. The molecule has 0 aliphatic carbocycles. The van der Waals surface area contributed by atoms with Crippen LogP contribution in [0.3, 0.4) is 0 Å². The van der Waals surface area contributed by atoms with Crippen molar-refractivity contribution in [1.29, 1.82) is 0 Å². The SMILES string of the molecule is Cc1n[nH]c(C)c1[C@@H](C)CC(=O)N1CCC[C@H]1c1ccccc1Cl. The second kappa shape index (κ2) is 6.98. The highest BCUT2D eigenvalue weighted by Gasteiger charge is 2.32. The number of carbonyl (C=O) groups is 1. The third-order valence-electron chi connectivity index (χ3n) is 5.00. The number of nitrogens with one attached hydrogen (secondary N) is 1. The summed E-state index contributed by atoms with van der Waals surface area (Å²) >= 11 is 6.35. The molecule has 128 valence electrons. The van der Waals surface area contributed by atoms with E-state index in [1.54, 1.807) is 0 Å². The third kappa shape index (κ3) is 3.20. The van der Waals surface area contributed by atoms with Gasteiger partial charge in [-0.15, -0.1) is 0 Å². The first-order valence-electron chi connectivity index (χ1n) is 8.54. The molecule has 1 aliphatic heterocycles. The summed E-state index contributed by atoms with van der Waals surface area (Å²) in [5.41, 5.74) is 4.26. The number of hydrogen-bond acceptors (Lipinski definition) is 2. The lowest BCUT2D eigenvalue weighted by Crippen LogP contribution is -2.31. The summed E-state index contributed by atoms with van der Waals surface area (Å²) < 4.78 is 0. The van der Waals surface area contributed by atoms with E-state index in [2.05, 4.69) is 17.1 Å². The summed E-state index contributed by atoms with van der Waals surface area (Å²) in [6.45, 7) is 6.91. The topological polar surface area (TPSA) is 49.0 Å². The molecule has 1 saturated heterocycles. The van der Waals surface area contributed by atoms with E-state index in [0.717, 1.165) is 46.9 Å². The van der Waals surface area contributed by atoms with E-state index < -0.39 is 0 Å². The van der Waals surface area contributed by atoms with Crippen molar-refractivity contribution in [2.45, 2.75) is 52.0 Å². The number of amides is 1. The molecule has 1 amide bonds. The van der Waals surface area contributed by atoms with Crippen molar-refractivity contribution in [3.8, 4) is 0 Å². The van der Waals surface area contributed by atoms with E-state index in [4.69, 9.17) is 11.6 Å². The van der Waals surface area contributed by atoms with Gasteiger partial charge in [0.05, 0.1) is 11.7 Å². The van der Waals surface area contributed by atoms with Crippen LogP contribution in [0.25, 0.3) is 0 Å². The first-order chi connectivity index (χ1) is 11.5. The Bertz CT molecular complexity index is 720. The number of likely N-dealkylation sites (tertiary alicyclic amines) is 1. The van der Waals surface area contributed by atoms with Crippen LogP contribution >= 0.6 is 11.6 Å². The molecule has 3 rings (SSSR count). The van der Waals surface area contributed by atoms with Gasteiger partial charge in [0.15, 0.2) is 0 Å². The lowest BCUT2D eigenvalue weighted by Gasteiger charge is -2.27. The molecular formula is C19H24ClN3O. The van der Waals surface area contributed by atoms with Crippen molar-refractivity contribution in [2.75, 3.05) is 6.54 Å². The molecule has 0 radical (unpaired) electrons. The zero-order chi connectivity index (χ0) is 17.3. The van der Waals surface area contributed by atoms with Crippen molar-refractivity contribution in [1.82, 2.24) is 15.1 Å². The van der Waals surface area contributed by atoms with Crippen LogP contribution in [0.1, 0.15) is 60.7 Å². The summed E-state index contributed by atoms with van der Waals surface area (Å²) in [6, 6.07) is 7.96. The molecule has 2 atom stereocenters.